The van der Waals surface area contributed by atoms with Crippen LogP contribution in [-0.4, -0.2) is 36.6 Å². The molecule has 0 saturated carbocycles. The van der Waals surface area contributed by atoms with Crippen molar-refractivity contribution in [2.24, 2.45) is 5.73 Å². The molecule has 6 heteroatoms. The number of amides is 2. The monoisotopic (exact) mass is 255 g/mol. The molecule has 2 amide bonds. The Bertz CT molecular complexity index is 288. The molecule has 1 radical (unpaired) electrons. The number of carbonyl (C=O) groups is 2. The van der Waals surface area contributed by atoms with E-state index >= 15 is 0 Å². The van der Waals surface area contributed by atoms with E-state index < -0.39 is 12.1 Å². The highest BCUT2D eigenvalue weighted by molar-refractivity contribution is 5.89. The number of rotatable bonds is 6. The predicted molar refractivity (Wildman–Crippen MR) is 68.7 cm³/mol. The van der Waals surface area contributed by atoms with E-state index in [9.17, 15) is 9.59 Å². The van der Waals surface area contributed by atoms with Gasteiger partial charge >= 0.3 is 0 Å². The number of nitrogens with zero attached hydrogens (tertiary/aromatic N) is 1. The van der Waals surface area contributed by atoms with Gasteiger partial charge in [-0.2, -0.15) is 0 Å². The van der Waals surface area contributed by atoms with Crippen molar-refractivity contribution in [2.45, 2.75) is 57.8 Å². The third-order valence-corrected chi connectivity index (χ3v) is 2.92. The Morgan fingerprint density at radius 1 is 1.44 bits per heavy atom. The van der Waals surface area contributed by atoms with Crippen LogP contribution in [0.4, 0.5) is 0 Å². The molecule has 1 aliphatic rings. The minimum absolute atomic E-state index is 0.0935. The molecule has 1 saturated heterocycles. The second kappa shape index (κ2) is 7.33. The summed E-state index contributed by atoms with van der Waals surface area (Å²) in [5.74, 6) is -0.464. The summed E-state index contributed by atoms with van der Waals surface area (Å²) in [6, 6.07) is -1.11. The zero-order valence-electron chi connectivity index (χ0n) is 11.1. The lowest BCUT2D eigenvalue weighted by molar-refractivity contribution is -0.130. The van der Waals surface area contributed by atoms with E-state index in [1.807, 2.05) is 6.92 Å². The zero-order valence-corrected chi connectivity index (χ0v) is 11.1. The van der Waals surface area contributed by atoms with Crippen molar-refractivity contribution in [3.05, 3.63) is 0 Å². The summed E-state index contributed by atoms with van der Waals surface area (Å²) in [7, 11) is 0. The van der Waals surface area contributed by atoms with Gasteiger partial charge in [-0.15, -0.1) is 0 Å². The molecule has 0 aromatic carbocycles. The number of hydrogen-bond donors (Lipinski definition) is 3. The lowest BCUT2D eigenvalue weighted by Crippen LogP contribution is -2.53. The normalized spacial score (nSPS) is 22.3. The van der Waals surface area contributed by atoms with Crippen LogP contribution in [0.25, 0.3) is 0 Å². The second-order valence-corrected chi connectivity index (χ2v) is 4.71. The molecule has 6 nitrogen and oxygen atoms in total. The van der Waals surface area contributed by atoms with Crippen LogP contribution in [0.15, 0.2) is 0 Å². The summed E-state index contributed by atoms with van der Waals surface area (Å²) < 4.78 is 0. The average molecular weight is 255 g/mol. The van der Waals surface area contributed by atoms with Gasteiger partial charge in [0, 0.05) is 6.54 Å². The summed E-state index contributed by atoms with van der Waals surface area (Å²) >= 11 is 0. The van der Waals surface area contributed by atoms with Gasteiger partial charge in [-0.25, -0.2) is 5.32 Å². The van der Waals surface area contributed by atoms with Gasteiger partial charge in [-0.3, -0.25) is 9.59 Å². The molecular weight excluding hydrogens is 232 g/mol. The van der Waals surface area contributed by atoms with E-state index in [0.717, 1.165) is 25.8 Å². The Morgan fingerprint density at radius 2 is 2.17 bits per heavy atom. The molecular formula is C12H23N4O2. The van der Waals surface area contributed by atoms with E-state index in [0.29, 0.717) is 6.42 Å². The van der Waals surface area contributed by atoms with E-state index in [2.05, 4.69) is 16.0 Å². The van der Waals surface area contributed by atoms with Crippen LogP contribution in [-0.2, 0) is 9.59 Å². The van der Waals surface area contributed by atoms with Crippen LogP contribution < -0.4 is 21.7 Å². The lowest BCUT2D eigenvalue weighted by atomic mass is 10.1. The molecule has 103 valence electrons. The van der Waals surface area contributed by atoms with Crippen molar-refractivity contribution >= 4 is 11.8 Å². The molecule has 1 aliphatic heterocycles. The number of carbonyl (C=O) groups excluding carboxylic acids is 2. The molecule has 3 unspecified atom stereocenters. The molecule has 3 atom stereocenters. The van der Waals surface area contributed by atoms with Gasteiger partial charge in [0.2, 0.25) is 11.8 Å². The van der Waals surface area contributed by atoms with Gasteiger partial charge in [0.05, 0.1) is 12.2 Å². The van der Waals surface area contributed by atoms with Crippen molar-refractivity contribution in [2.75, 3.05) is 6.54 Å². The molecule has 4 N–H and O–H groups in total. The van der Waals surface area contributed by atoms with Crippen LogP contribution in [0.5, 0.6) is 0 Å². The fraction of sp³-hybridized carbons (Fsp3) is 0.833. The van der Waals surface area contributed by atoms with E-state index in [-0.39, 0.29) is 18.0 Å². The molecule has 18 heavy (non-hydrogen) atoms. The molecule has 1 fully saturated rings. The fourth-order valence-electron chi connectivity index (χ4n) is 1.87. The topological polar surface area (TPSA) is 98.3 Å². The van der Waals surface area contributed by atoms with Gasteiger partial charge < -0.3 is 16.4 Å². The Labute approximate surface area is 108 Å². The molecule has 0 spiro atoms. The first-order chi connectivity index (χ1) is 8.54. The van der Waals surface area contributed by atoms with Crippen molar-refractivity contribution in [1.29, 1.82) is 0 Å². The highest BCUT2D eigenvalue weighted by Crippen LogP contribution is 2.05. The van der Waals surface area contributed by atoms with Crippen molar-refractivity contribution in [1.82, 2.24) is 16.0 Å². The SMILES string of the molecule is CCCC(NC(=O)C(C)N)C(=O)NC1CCC[N]1. The fourth-order valence-corrected chi connectivity index (χ4v) is 1.87. The highest BCUT2D eigenvalue weighted by atomic mass is 16.2. The highest BCUT2D eigenvalue weighted by Gasteiger charge is 2.25. The Kier molecular flexibility index (Phi) is 6.07. The number of nitrogens with one attached hydrogen (secondary N) is 2. The van der Waals surface area contributed by atoms with Gasteiger partial charge in [0.15, 0.2) is 0 Å². The molecule has 0 aromatic heterocycles. The third kappa shape index (κ3) is 4.62. The van der Waals surface area contributed by atoms with Crippen LogP contribution in [0, 0.1) is 0 Å². The molecule has 1 rings (SSSR count). The van der Waals surface area contributed by atoms with E-state index in [1.165, 1.54) is 0 Å². The minimum Gasteiger partial charge on any atom is -0.343 e. The maximum absolute atomic E-state index is 12.0. The van der Waals surface area contributed by atoms with Crippen molar-refractivity contribution < 1.29 is 9.59 Å². The van der Waals surface area contributed by atoms with Crippen LogP contribution in [0.3, 0.4) is 0 Å². The van der Waals surface area contributed by atoms with Gasteiger partial charge in [0.1, 0.15) is 6.04 Å². The van der Waals surface area contributed by atoms with Crippen LogP contribution in [0.2, 0.25) is 0 Å². The predicted octanol–water partition coefficient (Wildman–Crippen LogP) is -0.541. The number of nitrogens with two attached hydrogens (primary N) is 1. The summed E-state index contributed by atoms with van der Waals surface area (Å²) in [5.41, 5.74) is 5.48. The molecule has 0 aromatic rings. The summed E-state index contributed by atoms with van der Waals surface area (Å²) in [5, 5.41) is 9.78. The standard InChI is InChI=1S/C12H23N4O2/c1-3-5-9(15-11(17)8(2)13)12(18)16-10-6-4-7-14-10/h8-10H,3-7,13H2,1-2H3,(H,15,17)(H,16,18). The molecule has 0 aliphatic carbocycles. The Balaban J connectivity index is 2.48. The first-order valence-electron chi connectivity index (χ1n) is 6.57. The summed E-state index contributed by atoms with van der Waals surface area (Å²) in [6.45, 7) is 4.37. The lowest BCUT2D eigenvalue weighted by Gasteiger charge is -2.21. The first kappa shape index (κ1) is 14.9. The smallest absolute Gasteiger partial charge is 0.243 e. The average Bonchev–Trinajstić information content (AvgIpc) is 2.80. The zero-order chi connectivity index (χ0) is 13.5. The van der Waals surface area contributed by atoms with Crippen LogP contribution in [0.1, 0.15) is 39.5 Å². The molecule has 0 bridgehead atoms. The number of hydrogen-bond acceptors (Lipinski definition) is 3. The third-order valence-electron chi connectivity index (χ3n) is 2.92. The Hall–Kier alpha value is -1.14. The first-order valence-corrected chi connectivity index (χ1v) is 6.57. The van der Waals surface area contributed by atoms with E-state index in [1.54, 1.807) is 6.92 Å². The quantitative estimate of drug-likeness (QED) is 0.594. The van der Waals surface area contributed by atoms with E-state index in [4.69, 9.17) is 5.73 Å². The maximum Gasteiger partial charge on any atom is 0.243 e. The molecule has 1 heterocycles. The maximum atomic E-state index is 12.0. The second-order valence-electron chi connectivity index (χ2n) is 4.71. The minimum atomic E-state index is -0.603. The van der Waals surface area contributed by atoms with Crippen molar-refractivity contribution in [3.63, 3.8) is 0 Å². The van der Waals surface area contributed by atoms with Gasteiger partial charge in [-0.1, -0.05) is 13.3 Å². The summed E-state index contributed by atoms with van der Waals surface area (Å²) in [6.07, 6.45) is 3.22. The largest absolute Gasteiger partial charge is 0.343 e. The summed E-state index contributed by atoms with van der Waals surface area (Å²) in [4.78, 5) is 23.6. The van der Waals surface area contributed by atoms with Gasteiger partial charge in [-0.05, 0) is 26.2 Å². The van der Waals surface area contributed by atoms with Crippen molar-refractivity contribution in [3.8, 4) is 0 Å². The van der Waals surface area contributed by atoms with Gasteiger partial charge in [0.25, 0.3) is 0 Å². The Morgan fingerprint density at radius 3 is 2.67 bits per heavy atom. The van der Waals surface area contributed by atoms with Crippen LogP contribution >= 0.6 is 0 Å².